The van der Waals surface area contributed by atoms with E-state index in [1.807, 2.05) is 55.6 Å². The van der Waals surface area contributed by atoms with Crippen LogP contribution in [0.4, 0.5) is 11.4 Å². The van der Waals surface area contributed by atoms with E-state index in [1.165, 1.54) is 0 Å². The molecule has 0 heterocycles. The first-order valence-corrected chi connectivity index (χ1v) is 7.04. The summed E-state index contributed by atoms with van der Waals surface area (Å²) in [5.74, 6) is 0. The molecule has 0 aromatic heterocycles. The van der Waals surface area contributed by atoms with Gasteiger partial charge < -0.3 is 16.0 Å². The first kappa shape index (κ1) is 15.1. The zero-order valence-corrected chi connectivity index (χ0v) is 12.8. The summed E-state index contributed by atoms with van der Waals surface area (Å²) >= 11 is 6.26. The Morgan fingerprint density at radius 2 is 1.67 bits per heavy atom. The fourth-order valence-corrected chi connectivity index (χ4v) is 2.19. The van der Waals surface area contributed by atoms with Crippen molar-refractivity contribution in [3.8, 4) is 0 Å². The quantitative estimate of drug-likeness (QED) is 0.689. The van der Waals surface area contributed by atoms with Crippen LogP contribution in [0, 0.1) is 5.41 Å². The lowest BCUT2D eigenvalue weighted by Crippen LogP contribution is -2.02. The second kappa shape index (κ2) is 6.95. The van der Waals surface area contributed by atoms with E-state index in [2.05, 4.69) is 10.6 Å². The van der Waals surface area contributed by atoms with Gasteiger partial charge in [-0.15, -0.1) is 0 Å². The maximum absolute atomic E-state index is 7.70. The summed E-state index contributed by atoms with van der Waals surface area (Å²) in [4.78, 5) is 0. The Labute approximate surface area is 130 Å². The molecule has 2 aromatic rings. The largest absolute Gasteiger partial charge is 0.388 e. The lowest BCUT2D eigenvalue weighted by atomic mass is 10.1. The predicted octanol–water partition coefficient (Wildman–Crippen LogP) is 4.87. The Morgan fingerprint density at radius 3 is 2.24 bits per heavy atom. The summed E-state index contributed by atoms with van der Waals surface area (Å²) in [6, 6.07) is 15.5. The highest BCUT2D eigenvalue weighted by molar-refractivity contribution is 6.32. The molecule has 0 unspecified atom stereocenters. The van der Waals surface area contributed by atoms with Crippen LogP contribution in [0.5, 0.6) is 0 Å². The van der Waals surface area contributed by atoms with Crippen molar-refractivity contribution in [2.75, 3.05) is 17.7 Å². The van der Waals surface area contributed by atoms with Crippen molar-refractivity contribution in [2.45, 2.75) is 6.92 Å². The fourth-order valence-electron chi connectivity index (χ4n) is 1.95. The van der Waals surface area contributed by atoms with Gasteiger partial charge in [-0.05, 0) is 43.3 Å². The summed E-state index contributed by atoms with van der Waals surface area (Å²) in [6.45, 7) is 1.74. The van der Waals surface area contributed by atoms with Gasteiger partial charge in [-0.3, -0.25) is 0 Å². The van der Waals surface area contributed by atoms with Gasteiger partial charge in [0.1, 0.15) is 0 Å². The van der Waals surface area contributed by atoms with Crippen LogP contribution in [0.25, 0.3) is 5.70 Å². The van der Waals surface area contributed by atoms with Gasteiger partial charge >= 0.3 is 0 Å². The van der Waals surface area contributed by atoms with Crippen molar-refractivity contribution in [3.05, 3.63) is 65.2 Å². The molecule has 0 spiro atoms. The fraction of sp³-hybridized carbons (Fsp3) is 0.118. The molecule has 2 rings (SSSR count). The second-order valence-corrected chi connectivity index (χ2v) is 5.08. The van der Waals surface area contributed by atoms with E-state index in [1.54, 1.807) is 13.0 Å². The number of anilines is 2. The predicted molar refractivity (Wildman–Crippen MR) is 92.4 cm³/mol. The minimum Gasteiger partial charge on any atom is -0.388 e. The zero-order valence-electron chi connectivity index (χ0n) is 12.1. The van der Waals surface area contributed by atoms with Crippen LogP contribution < -0.4 is 10.6 Å². The highest BCUT2D eigenvalue weighted by atomic mass is 35.5. The molecule has 0 saturated heterocycles. The van der Waals surface area contributed by atoms with Gasteiger partial charge in [0.25, 0.3) is 0 Å². The molecule has 0 aliphatic rings. The van der Waals surface area contributed by atoms with Crippen LogP contribution in [0.3, 0.4) is 0 Å². The molecule has 0 atom stereocenters. The van der Waals surface area contributed by atoms with E-state index in [4.69, 9.17) is 17.0 Å². The van der Waals surface area contributed by atoms with Crippen LogP contribution in [0.15, 0.2) is 54.6 Å². The van der Waals surface area contributed by atoms with Crippen molar-refractivity contribution in [1.29, 1.82) is 5.41 Å². The Hall–Kier alpha value is -2.26. The molecule has 21 heavy (non-hydrogen) atoms. The Balaban J connectivity index is 2.33. The van der Waals surface area contributed by atoms with E-state index in [9.17, 15) is 0 Å². The molecular formula is C17H18ClN3. The maximum atomic E-state index is 7.70. The van der Waals surface area contributed by atoms with E-state index in [0.29, 0.717) is 10.7 Å². The maximum Gasteiger partial charge on any atom is 0.0499 e. The molecule has 3 N–H and O–H groups in total. The van der Waals surface area contributed by atoms with E-state index in [-0.39, 0.29) is 0 Å². The van der Waals surface area contributed by atoms with Crippen LogP contribution in [-0.4, -0.2) is 12.8 Å². The molecule has 0 radical (unpaired) electrons. The van der Waals surface area contributed by atoms with Crippen molar-refractivity contribution in [3.63, 3.8) is 0 Å². The number of halogens is 1. The molecule has 2 aromatic carbocycles. The average Bonchev–Trinajstić information content (AvgIpc) is 2.47. The van der Waals surface area contributed by atoms with Crippen molar-refractivity contribution in [2.24, 2.45) is 0 Å². The number of hydrogen-bond acceptors (Lipinski definition) is 3. The summed E-state index contributed by atoms with van der Waals surface area (Å²) < 4.78 is 0. The van der Waals surface area contributed by atoms with Gasteiger partial charge in [-0.2, -0.15) is 0 Å². The first-order chi connectivity index (χ1) is 10.1. The molecule has 0 aliphatic heterocycles. The summed E-state index contributed by atoms with van der Waals surface area (Å²) in [6.07, 6.45) is 1.77. The molecular weight excluding hydrogens is 282 g/mol. The number of allylic oxidation sites excluding steroid dienone is 1. The van der Waals surface area contributed by atoms with E-state index < -0.39 is 0 Å². The average molecular weight is 300 g/mol. The topological polar surface area (TPSA) is 47.9 Å². The molecule has 108 valence electrons. The molecule has 0 amide bonds. The van der Waals surface area contributed by atoms with Crippen LogP contribution in [0.1, 0.15) is 12.5 Å². The van der Waals surface area contributed by atoms with Crippen molar-refractivity contribution < 1.29 is 0 Å². The van der Waals surface area contributed by atoms with Gasteiger partial charge in [0.05, 0.1) is 0 Å². The molecule has 0 bridgehead atoms. The molecule has 0 aliphatic carbocycles. The lowest BCUT2D eigenvalue weighted by Gasteiger charge is -2.13. The highest BCUT2D eigenvalue weighted by Crippen LogP contribution is 2.26. The Bertz CT molecular complexity index is 660. The number of rotatable bonds is 5. The first-order valence-electron chi connectivity index (χ1n) is 6.67. The summed E-state index contributed by atoms with van der Waals surface area (Å²) in [7, 11) is 1.88. The number of hydrogen-bond donors (Lipinski definition) is 3. The van der Waals surface area contributed by atoms with Gasteiger partial charge in [0, 0.05) is 40.4 Å². The molecule has 0 saturated carbocycles. The van der Waals surface area contributed by atoms with E-state index >= 15 is 0 Å². The molecule has 0 fully saturated rings. The zero-order chi connectivity index (χ0) is 15.2. The Morgan fingerprint density at radius 1 is 1.05 bits per heavy atom. The third-order valence-corrected chi connectivity index (χ3v) is 3.31. The monoisotopic (exact) mass is 299 g/mol. The smallest absolute Gasteiger partial charge is 0.0499 e. The van der Waals surface area contributed by atoms with Gasteiger partial charge in [0.15, 0.2) is 0 Å². The summed E-state index contributed by atoms with van der Waals surface area (Å²) in [5.41, 5.74) is 4.14. The van der Waals surface area contributed by atoms with E-state index in [0.717, 1.165) is 22.6 Å². The minimum atomic E-state index is 0.462. The van der Waals surface area contributed by atoms with Crippen LogP contribution >= 0.6 is 11.6 Å². The van der Waals surface area contributed by atoms with Crippen molar-refractivity contribution >= 4 is 34.4 Å². The van der Waals surface area contributed by atoms with Crippen LogP contribution in [-0.2, 0) is 0 Å². The third-order valence-electron chi connectivity index (χ3n) is 2.98. The molecule has 3 nitrogen and oxygen atoms in total. The summed E-state index contributed by atoms with van der Waals surface area (Å²) in [5, 5.41) is 14.8. The van der Waals surface area contributed by atoms with Gasteiger partial charge in [-0.25, -0.2) is 0 Å². The van der Waals surface area contributed by atoms with Crippen LogP contribution in [0.2, 0.25) is 5.02 Å². The molecule has 4 heteroatoms. The number of benzene rings is 2. The highest BCUT2D eigenvalue weighted by Gasteiger charge is 2.07. The minimum absolute atomic E-state index is 0.462. The Kier molecular flexibility index (Phi) is 5.01. The van der Waals surface area contributed by atoms with Crippen molar-refractivity contribution in [1.82, 2.24) is 0 Å². The normalized spacial score (nSPS) is 11.1. The second-order valence-electron chi connectivity index (χ2n) is 4.67. The SMILES string of the molecule is CNc1ccc(N/C(=C\C(C)=N)c2ccccc2Cl)cc1. The lowest BCUT2D eigenvalue weighted by molar-refractivity contribution is 1.47. The standard InChI is InChI=1S/C17H18ClN3/c1-12(19)11-17(15-5-3-4-6-16(15)18)21-14-9-7-13(20-2)8-10-14/h3-11,19-21H,1-2H3/b17-11-,19-12?. The third kappa shape index (κ3) is 4.10. The van der Waals surface area contributed by atoms with Gasteiger partial charge in [-0.1, -0.05) is 29.8 Å². The van der Waals surface area contributed by atoms with Gasteiger partial charge in [0.2, 0.25) is 0 Å². The number of nitrogens with one attached hydrogen (secondary N) is 3.